The molecule has 0 amide bonds. The standard InChI is InChI=1S/C24H26ClFN4O5S2/c1-35-24(32)19-20(13-4-7-30(8-5-13)37(33,34)16-11-15(31)12-16)28-22(23-27-6-9-36-23)29-21(19)17-3-2-14(26)10-18(17)25/h2-3,6,9-10,13,15-16,21,31H,4-5,7-8,11-12H2,1H3,(H,28,29). The van der Waals surface area contributed by atoms with E-state index in [1.807, 2.05) is 0 Å². The number of aliphatic hydroxyl groups is 1. The van der Waals surface area contributed by atoms with Crippen LogP contribution in [0, 0.1) is 11.7 Å². The second-order valence-electron chi connectivity index (χ2n) is 9.29. The molecule has 9 nitrogen and oxygen atoms in total. The molecule has 1 atom stereocenters. The van der Waals surface area contributed by atoms with Gasteiger partial charge < -0.3 is 15.2 Å². The summed E-state index contributed by atoms with van der Waals surface area (Å²) >= 11 is 7.77. The number of nitrogens with one attached hydrogen (secondary N) is 1. The van der Waals surface area contributed by atoms with Crippen LogP contribution in [0.2, 0.25) is 5.02 Å². The number of aliphatic hydroxyl groups excluding tert-OH is 1. The van der Waals surface area contributed by atoms with Crippen molar-refractivity contribution in [3.8, 4) is 0 Å². The Morgan fingerprint density at radius 1 is 1.30 bits per heavy atom. The number of amidine groups is 1. The van der Waals surface area contributed by atoms with E-state index in [1.54, 1.807) is 11.6 Å². The Morgan fingerprint density at radius 3 is 2.62 bits per heavy atom. The highest BCUT2D eigenvalue weighted by atomic mass is 35.5. The molecule has 1 saturated carbocycles. The lowest BCUT2D eigenvalue weighted by atomic mass is 9.86. The summed E-state index contributed by atoms with van der Waals surface area (Å²) in [7, 11) is -2.22. The fraction of sp³-hybridized carbons (Fsp3) is 0.458. The van der Waals surface area contributed by atoms with Gasteiger partial charge in [-0.3, -0.25) is 4.99 Å². The number of halogens is 2. The van der Waals surface area contributed by atoms with Gasteiger partial charge in [-0.1, -0.05) is 17.7 Å². The smallest absolute Gasteiger partial charge is 0.338 e. The maximum atomic E-state index is 13.8. The van der Waals surface area contributed by atoms with Crippen molar-refractivity contribution >= 4 is 44.8 Å². The molecule has 198 valence electrons. The summed E-state index contributed by atoms with van der Waals surface area (Å²) in [5.74, 6) is -0.863. The fourth-order valence-electron chi connectivity index (χ4n) is 5.01. The summed E-state index contributed by atoms with van der Waals surface area (Å²) in [6.07, 6.45) is 2.53. The van der Waals surface area contributed by atoms with Crippen LogP contribution >= 0.6 is 22.9 Å². The first-order valence-electron chi connectivity index (χ1n) is 11.9. The number of sulfonamides is 1. The van der Waals surface area contributed by atoms with E-state index in [0.717, 1.165) is 0 Å². The third-order valence-corrected chi connectivity index (χ3v) is 10.5. The number of carbonyl (C=O) groups is 1. The quantitative estimate of drug-likeness (QED) is 0.514. The molecule has 1 aromatic heterocycles. The zero-order chi connectivity index (χ0) is 26.3. The SMILES string of the molecule is COC(=O)C1=C(C2CCN(S(=O)(=O)C3CC(O)C3)CC2)NC(c2nccs2)=NC1c1ccc(F)cc1Cl. The molecule has 3 aliphatic rings. The Morgan fingerprint density at radius 2 is 2.03 bits per heavy atom. The number of hydrogen-bond acceptors (Lipinski definition) is 9. The van der Waals surface area contributed by atoms with E-state index in [0.29, 0.717) is 34.9 Å². The van der Waals surface area contributed by atoms with Crippen LogP contribution in [0.5, 0.6) is 0 Å². The van der Waals surface area contributed by atoms with Crippen LogP contribution < -0.4 is 5.32 Å². The average molecular weight is 569 g/mol. The first-order chi connectivity index (χ1) is 17.7. The van der Waals surface area contributed by atoms with E-state index in [2.05, 4.69) is 10.3 Å². The van der Waals surface area contributed by atoms with E-state index >= 15 is 0 Å². The molecule has 2 fully saturated rings. The van der Waals surface area contributed by atoms with Crippen LogP contribution in [0.15, 0.2) is 46.0 Å². The molecule has 1 aliphatic carbocycles. The Balaban J connectivity index is 1.50. The van der Waals surface area contributed by atoms with Crippen LogP contribution in [0.3, 0.4) is 0 Å². The minimum Gasteiger partial charge on any atom is -0.466 e. The molecule has 1 saturated heterocycles. The van der Waals surface area contributed by atoms with E-state index < -0.39 is 39.2 Å². The van der Waals surface area contributed by atoms with Crippen molar-refractivity contribution in [2.75, 3.05) is 20.2 Å². The number of benzene rings is 1. The monoisotopic (exact) mass is 568 g/mol. The van der Waals surface area contributed by atoms with Gasteiger partial charge in [0.1, 0.15) is 11.9 Å². The van der Waals surface area contributed by atoms with Gasteiger partial charge in [-0.05, 0) is 37.8 Å². The topological polar surface area (TPSA) is 121 Å². The number of allylic oxidation sites excluding steroid dienone is 1. The maximum absolute atomic E-state index is 13.8. The fourth-order valence-corrected chi connectivity index (χ4v) is 7.94. The number of nitrogens with zero attached hydrogens (tertiary/aromatic N) is 3. The molecule has 3 heterocycles. The normalized spacial score (nSPS) is 25.3. The third-order valence-electron chi connectivity index (χ3n) is 7.09. The first-order valence-corrected chi connectivity index (χ1v) is 14.6. The Bertz CT molecular complexity index is 1350. The molecule has 37 heavy (non-hydrogen) atoms. The first kappa shape index (κ1) is 26.2. The minimum absolute atomic E-state index is 0.124. The predicted molar refractivity (Wildman–Crippen MR) is 137 cm³/mol. The van der Waals surface area contributed by atoms with E-state index in [1.165, 1.54) is 41.0 Å². The number of ether oxygens (including phenoxy) is 1. The molecule has 13 heteroatoms. The minimum atomic E-state index is -3.50. The van der Waals surface area contributed by atoms with Crippen LogP contribution in [-0.4, -0.2) is 66.2 Å². The lowest BCUT2D eigenvalue weighted by Gasteiger charge is -2.39. The summed E-state index contributed by atoms with van der Waals surface area (Å²) in [6, 6.07) is 3.07. The van der Waals surface area contributed by atoms with Crippen molar-refractivity contribution in [3.63, 3.8) is 0 Å². The summed E-state index contributed by atoms with van der Waals surface area (Å²) in [5, 5.41) is 14.8. The lowest BCUT2D eigenvalue weighted by Crippen LogP contribution is -2.50. The molecular formula is C24H26ClFN4O5S2. The number of esters is 1. The number of aliphatic imine (C=N–C) groups is 1. The Kier molecular flexibility index (Phi) is 7.38. The number of hydrogen-bond donors (Lipinski definition) is 2. The molecule has 2 aliphatic heterocycles. The lowest BCUT2D eigenvalue weighted by molar-refractivity contribution is -0.136. The summed E-state index contributed by atoms with van der Waals surface area (Å²) in [5.41, 5.74) is 1.27. The number of thiazole rings is 1. The highest BCUT2D eigenvalue weighted by Crippen LogP contribution is 2.40. The zero-order valence-electron chi connectivity index (χ0n) is 19.9. The Hall–Kier alpha value is -2.38. The van der Waals surface area contributed by atoms with Crippen LogP contribution in [-0.2, 0) is 19.6 Å². The zero-order valence-corrected chi connectivity index (χ0v) is 22.3. The van der Waals surface area contributed by atoms with E-state index in [-0.39, 0.29) is 42.4 Å². The van der Waals surface area contributed by atoms with Crippen molar-refractivity contribution in [1.82, 2.24) is 14.6 Å². The number of aromatic nitrogens is 1. The summed E-state index contributed by atoms with van der Waals surface area (Å²) in [6.45, 7) is 0.565. The molecule has 5 rings (SSSR count). The van der Waals surface area contributed by atoms with Crippen LogP contribution in [0.1, 0.15) is 42.3 Å². The van der Waals surface area contributed by atoms with Gasteiger partial charge in [0.05, 0.1) is 24.0 Å². The molecule has 0 radical (unpaired) electrons. The van der Waals surface area contributed by atoms with Gasteiger partial charge in [0, 0.05) is 46.9 Å². The second-order valence-corrected chi connectivity index (χ2v) is 12.8. The molecule has 0 bridgehead atoms. The predicted octanol–water partition coefficient (Wildman–Crippen LogP) is 3.02. The van der Waals surface area contributed by atoms with Gasteiger partial charge in [0.15, 0.2) is 10.8 Å². The van der Waals surface area contributed by atoms with Crippen molar-refractivity contribution in [2.24, 2.45) is 10.9 Å². The van der Waals surface area contributed by atoms with Crippen LogP contribution in [0.4, 0.5) is 4.39 Å². The summed E-state index contributed by atoms with van der Waals surface area (Å²) in [4.78, 5) is 22.2. The highest BCUT2D eigenvalue weighted by molar-refractivity contribution is 7.89. The van der Waals surface area contributed by atoms with Gasteiger partial charge in [0.2, 0.25) is 10.0 Å². The largest absolute Gasteiger partial charge is 0.466 e. The van der Waals surface area contributed by atoms with Crippen molar-refractivity contribution in [1.29, 1.82) is 0 Å². The second kappa shape index (κ2) is 10.4. The molecule has 2 N–H and O–H groups in total. The maximum Gasteiger partial charge on any atom is 0.338 e. The van der Waals surface area contributed by atoms with Crippen LogP contribution in [0.25, 0.3) is 0 Å². The van der Waals surface area contributed by atoms with Gasteiger partial charge in [-0.15, -0.1) is 11.3 Å². The van der Waals surface area contributed by atoms with E-state index in [4.69, 9.17) is 21.3 Å². The van der Waals surface area contributed by atoms with Crippen molar-refractivity contribution in [2.45, 2.75) is 43.1 Å². The number of piperidine rings is 1. The molecule has 1 aromatic carbocycles. The molecule has 0 spiro atoms. The van der Waals surface area contributed by atoms with Gasteiger partial charge >= 0.3 is 5.97 Å². The third kappa shape index (κ3) is 5.05. The molecule has 2 aromatic rings. The molecular weight excluding hydrogens is 543 g/mol. The number of methoxy groups -OCH3 is 1. The van der Waals surface area contributed by atoms with Crippen molar-refractivity contribution < 1.29 is 27.4 Å². The highest BCUT2D eigenvalue weighted by Gasteiger charge is 2.43. The summed E-state index contributed by atoms with van der Waals surface area (Å²) < 4.78 is 46.4. The van der Waals surface area contributed by atoms with E-state index in [9.17, 15) is 22.7 Å². The number of carbonyl (C=O) groups excluding carboxylic acids is 1. The van der Waals surface area contributed by atoms with Gasteiger partial charge in [0.25, 0.3) is 0 Å². The van der Waals surface area contributed by atoms with Gasteiger partial charge in [-0.2, -0.15) is 0 Å². The Labute approximate surface area is 223 Å². The number of rotatable bonds is 6. The van der Waals surface area contributed by atoms with Crippen molar-refractivity contribution in [3.05, 3.63) is 62.5 Å². The average Bonchev–Trinajstić information content (AvgIpc) is 3.41. The molecule has 1 unspecified atom stereocenters. The van der Waals surface area contributed by atoms with Gasteiger partial charge in [-0.25, -0.2) is 26.9 Å².